The van der Waals surface area contributed by atoms with Crippen molar-refractivity contribution >= 4 is 15.9 Å². The van der Waals surface area contributed by atoms with Gasteiger partial charge < -0.3 is 14.5 Å². The minimum atomic E-state index is -3.21. The first-order valence-corrected chi connectivity index (χ1v) is 13.2. The molecule has 0 aromatic heterocycles. The molecule has 172 valence electrons. The quantitative estimate of drug-likeness (QED) is 0.685. The molecule has 4 rings (SSSR count). The number of sulfone groups is 1. The summed E-state index contributed by atoms with van der Waals surface area (Å²) in [6.45, 7) is 8.71. The number of amides is 2. The number of likely N-dealkylation sites (tertiary alicyclic amines) is 1. The SMILES string of the molecule is CS(=O)(=O)c1ccccc1CN1CCC(N2CCN(C(=O)N3CCOCC3)CC2)CC1. The van der Waals surface area contributed by atoms with E-state index in [4.69, 9.17) is 4.74 Å². The van der Waals surface area contributed by atoms with Crippen LogP contribution in [0.5, 0.6) is 0 Å². The van der Waals surface area contributed by atoms with Crippen LogP contribution in [0.1, 0.15) is 18.4 Å². The Bertz CT molecular complexity index is 856. The number of piperazine rings is 1. The van der Waals surface area contributed by atoms with Gasteiger partial charge in [-0.2, -0.15) is 0 Å². The molecule has 3 aliphatic heterocycles. The predicted octanol–water partition coefficient (Wildman–Crippen LogP) is 1.12. The smallest absolute Gasteiger partial charge is 0.320 e. The van der Waals surface area contributed by atoms with Gasteiger partial charge in [0.2, 0.25) is 0 Å². The standard InChI is InChI=1S/C22H34N4O4S/c1-31(28,29)21-5-3-2-4-19(21)18-23-8-6-20(7-9-23)24-10-12-25(13-11-24)22(27)26-14-16-30-17-15-26/h2-5,20H,6-18H2,1H3. The monoisotopic (exact) mass is 450 g/mol. The zero-order valence-corrected chi connectivity index (χ0v) is 19.2. The van der Waals surface area contributed by atoms with Crippen molar-refractivity contribution in [2.24, 2.45) is 0 Å². The molecule has 0 unspecified atom stereocenters. The van der Waals surface area contributed by atoms with Gasteiger partial charge in [0, 0.05) is 58.1 Å². The molecule has 3 fully saturated rings. The van der Waals surface area contributed by atoms with Crippen LogP contribution in [0.2, 0.25) is 0 Å². The summed E-state index contributed by atoms with van der Waals surface area (Å²) in [5.41, 5.74) is 0.888. The van der Waals surface area contributed by atoms with E-state index in [0.29, 0.717) is 43.8 Å². The second kappa shape index (κ2) is 9.85. The van der Waals surface area contributed by atoms with Crippen molar-refractivity contribution in [2.75, 3.05) is 71.8 Å². The molecule has 3 heterocycles. The Labute approximate surface area is 185 Å². The van der Waals surface area contributed by atoms with Gasteiger partial charge in [0.1, 0.15) is 0 Å². The highest BCUT2D eigenvalue weighted by atomic mass is 32.2. The molecule has 0 radical (unpaired) electrons. The zero-order valence-electron chi connectivity index (χ0n) is 18.4. The minimum absolute atomic E-state index is 0.155. The maximum atomic E-state index is 12.7. The number of ether oxygens (including phenoxy) is 1. The Kier molecular flexibility index (Phi) is 7.15. The van der Waals surface area contributed by atoms with Gasteiger partial charge >= 0.3 is 6.03 Å². The fraction of sp³-hybridized carbons (Fsp3) is 0.682. The molecule has 0 N–H and O–H groups in total. The molecule has 1 aromatic rings. The van der Waals surface area contributed by atoms with Crippen molar-refractivity contribution < 1.29 is 17.9 Å². The van der Waals surface area contributed by atoms with E-state index >= 15 is 0 Å². The second-order valence-electron chi connectivity index (χ2n) is 8.79. The summed E-state index contributed by atoms with van der Waals surface area (Å²) < 4.78 is 29.5. The topological polar surface area (TPSA) is 73.4 Å². The van der Waals surface area contributed by atoms with E-state index in [1.165, 1.54) is 6.26 Å². The van der Waals surface area contributed by atoms with Crippen molar-refractivity contribution in [2.45, 2.75) is 30.3 Å². The van der Waals surface area contributed by atoms with Crippen molar-refractivity contribution in [1.82, 2.24) is 19.6 Å². The lowest BCUT2D eigenvalue weighted by molar-refractivity contribution is 0.0294. The van der Waals surface area contributed by atoms with E-state index in [-0.39, 0.29) is 6.03 Å². The van der Waals surface area contributed by atoms with Gasteiger partial charge in [-0.25, -0.2) is 13.2 Å². The highest BCUT2D eigenvalue weighted by Crippen LogP contribution is 2.23. The van der Waals surface area contributed by atoms with Gasteiger partial charge in [0.05, 0.1) is 18.1 Å². The number of piperidine rings is 1. The van der Waals surface area contributed by atoms with Crippen LogP contribution in [0, 0.1) is 0 Å². The number of hydrogen-bond acceptors (Lipinski definition) is 6. The van der Waals surface area contributed by atoms with E-state index in [0.717, 1.165) is 57.7 Å². The fourth-order valence-corrected chi connectivity index (χ4v) is 5.85. The van der Waals surface area contributed by atoms with E-state index < -0.39 is 9.84 Å². The van der Waals surface area contributed by atoms with Crippen LogP contribution in [-0.4, -0.2) is 112 Å². The minimum Gasteiger partial charge on any atom is -0.378 e. The molecule has 31 heavy (non-hydrogen) atoms. The van der Waals surface area contributed by atoms with Gasteiger partial charge in [-0.05, 0) is 37.6 Å². The molecule has 0 spiro atoms. The van der Waals surface area contributed by atoms with E-state index in [9.17, 15) is 13.2 Å². The second-order valence-corrected chi connectivity index (χ2v) is 10.8. The van der Waals surface area contributed by atoms with Crippen LogP contribution in [0.25, 0.3) is 0 Å². The summed E-state index contributed by atoms with van der Waals surface area (Å²) in [6.07, 6.45) is 3.44. The van der Waals surface area contributed by atoms with Crippen LogP contribution in [-0.2, 0) is 21.1 Å². The molecule has 8 nitrogen and oxygen atoms in total. The lowest BCUT2D eigenvalue weighted by Gasteiger charge is -2.44. The van der Waals surface area contributed by atoms with Crippen molar-refractivity contribution in [1.29, 1.82) is 0 Å². The summed E-state index contributed by atoms with van der Waals surface area (Å²) in [5, 5.41) is 0. The van der Waals surface area contributed by atoms with Gasteiger partial charge in [0.25, 0.3) is 0 Å². The molecule has 0 bridgehead atoms. The maximum Gasteiger partial charge on any atom is 0.320 e. The summed E-state index contributed by atoms with van der Waals surface area (Å²) >= 11 is 0. The maximum absolute atomic E-state index is 12.7. The largest absolute Gasteiger partial charge is 0.378 e. The van der Waals surface area contributed by atoms with E-state index in [2.05, 4.69) is 9.80 Å². The first-order valence-electron chi connectivity index (χ1n) is 11.3. The lowest BCUT2D eigenvalue weighted by Crippen LogP contribution is -2.57. The van der Waals surface area contributed by atoms with Crippen LogP contribution >= 0.6 is 0 Å². The van der Waals surface area contributed by atoms with E-state index in [1.54, 1.807) is 12.1 Å². The van der Waals surface area contributed by atoms with Gasteiger partial charge in [0.15, 0.2) is 9.84 Å². The number of rotatable bonds is 4. The Morgan fingerprint density at radius 3 is 2.19 bits per heavy atom. The molecule has 9 heteroatoms. The third kappa shape index (κ3) is 5.58. The summed E-state index contributed by atoms with van der Waals surface area (Å²) in [5.74, 6) is 0. The molecule has 0 saturated carbocycles. The van der Waals surface area contributed by atoms with Crippen molar-refractivity contribution in [3.05, 3.63) is 29.8 Å². The fourth-order valence-electron chi connectivity index (χ4n) is 4.91. The van der Waals surface area contributed by atoms with Crippen LogP contribution in [0.15, 0.2) is 29.2 Å². The van der Waals surface area contributed by atoms with Crippen molar-refractivity contribution in [3.63, 3.8) is 0 Å². The number of carbonyl (C=O) groups is 1. The number of nitrogens with zero attached hydrogens (tertiary/aromatic N) is 4. The summed E-state index contributed by atoms with van der Waals surface area (Å²) in [7, 11) is -3.21. The normalized spacial score (nSPS) is 22.6. The van der Waals surface area contributed by atoms with Crippen LogP contribution in [0.4, 0.5) is 4.79 Å². The highest BCUT2D eigenvalue weighted by Gasteiger charge is 2.31. The summed E-state index contributed by atoms with van der Waals surface area (Å²) in [6, 6.07) is 8.02. The molecule has 1 aromatic carbocycles. The first kappa shape index (κ1) is 22.5. The zero-order chi connectivity index (χ0) is 21.8. The van der Waals surface area contributed by atoms with E-state index in [1.807, 2.05) is 21.9 Å². The van der Waals surface area contributed by atoms with Gasteiger partial charge in [-0.15, -0.1) is 0 Å². The number of benzene rings is 1. The Morgan fingerprint density at radius 2 is 1.55 bits per heavy atom. The van der Waals surface area contributed by atoms with Gasteiger partial charge in [-0.1, -0.05) is 18.2 Å². The third-order valence-electron chi connectivity index (χ3n) is 6.71. The molecule has 0 aliphatic carbocycles. The summed E-state index contributed by atoms with van der Waals surface area (Å²) in [4.78, 5) is 21.9. The third-order valence-corrected chi connectivity index (χ3v) is 7.90. The molecular formula is C22H34N4O4S. The molecule has 3 saturated heterocycles. The molecule has 2 amide bonds. The Balaban J connectivity index is 1.24. The van der Waals surface area contributed by atoms with Gasteiger partial charge in [-0.3, -0.25) is 9.80 Å². The van der Waals surface area contributed by atoms with Crippen LogP contribution < -0.4 is 0 Å². The van der Waals surface area contributed by atoms with Crippen LogP contribution in [0.3, 0.4) is 0 Å². The molecular weight excluding hydrogens is 416 g/mol. The van der Waals surface area contributed by atoms with Crippen molar-refractivity contribution in [3.8, 4) is 0 Å². The number of carbonyl (C=O) groups excluding carboxylic acids is 1. The Hall–Kier alpha value is -1.68. The highest BCUT2D eigenvalue weighted by molar-refractivity contribution is 7.90. The predicted molar refractivity (Wildman–Crippen MR) is 119 cm³/mol. The average Bonchev–Trinajstić information content (AvgIpc) is 2.79. The average molecular weight is 451 g/mol. The number of hydrogen-bond donors (Lipinski definition) is 0. The first-order chi connectivity index (χ1) is 14.9. The Morgan fingerprint density at radius 1 is 0.935 bits per heavy atom. The molecule has 0 atom stereocenters. The number of morpholine rings is 1. The molecule has 3 aliphatic rings. The lowest BCUT2D eigenvalue weighted by atomic mass is 10.0. The number of urea groups is 1.